The van der Waals surface area contributed by atoms with Crippen LogP contribution in [0.5, 0.6) is 11.5 Å². The van der Waals surface area contributed by atoms with Crippen LogP contribution in [0.3, 0.4) is 0 Å². The Kier molecular flexibility index (Phi) is 9.37. The highest BCUT2D eigenvalue weighted by Gasteiger charge is 2.39. The van der Waals surface area contributed by atoms with Crippen molar-refractivity contribution >= 4 is 23.5 Å². The van der Waals surface area contributed by atoms with Gasteiger partial charge in [-0.3, -0.25) is 24.3 Å². The van der Waals surface area contributed by atoms with Gasteiger partial charge >= 0.3 is 5.97 Å². The van der Waals surface area contributed by atoms with Gasteiger partial charge in [0.2, 0.25) is 5.91 Å². The number of benzene rings is 2. The first kappa shape index (κ1) is 31.0. The SMILES string of the molecule is COc1cc2c(cc1OC)C1CC(OC(C)=O)CCC1N=C2c1ccc(C(=O)N2CCN(CC(=O)N3CCOCC3)CC2)cc1. The van der Waals surface area contributed by atoms with E-state index in [0.717, 1.165) is 35.2 Å². The molecule has 11 nitrogen and oxygen atoms in total. The summed E-state index contributed by atoms with van der Waals surface area (Å²) in [6.45, 7) is 6.79. The van der Waals surface area contributed by atoms with Gasteiger partial charge in [0.05, 0.1) is 45.7 Å². The number of aliphatic imine (C=N–C) groups is 1. The number of hydrogen-bond acceptors (Lipinski definition) is 9. The van der Waals surface area contributed by atoms with Crippen molar-refractivity contribution in [1.29, 1.82) is 0 Å². The highest BCUT2D eigenvalue weighted by molar-refractivity contribution is 6.15. The van der Waals surface area contributed by atoms with Gasteiger partial charge in [0.15, 0.2) is 11.5 Å². The Morgan fingerprint density at radius 3 is 2.24 bits per heavy atom. The summed E-state index contributed by atoms with van der Waals surface area (Å²) in [5.41, 5.74) is 4.46. The number of ether oxygens (including phenoxy) is 4. The average Bonchev–Trinajstić information content (AvgIpc) is 3.07. The second-order valence-electron chi connectivity index (χ2n) is 12.1. The van der Waals surface area contributed by atoms with Gasteiger partial charge in [0.25, 0.3) is 5.91 Å². The molecule has 2 aromatic rings. The van der Waals surface area contributed by atoms with Crippen LogP contribution in [0, 0.1) is 0 Å². The number of hydrogen-bond donors (Lipinski definition) is 0. The number of carbonyl (C=O) groups is 3. The van der Waals surface area contributed by atoms with Crippen LogP contribution in [0.4, 0.5) is 0 Å². The molecule has 3 atom stereocenters. The number of amides is 2. The third-order valence-electron chi connectivity index (χ3n) is 9.39. The van der Waals surface area contributed by atoms with Gasteiger partial charge in [0.1, 0.15) is 6.10 Å². The molecule has 4 aliphatic rings. The molecule has 0 spiro atoms. The van der Waals surface area contributed by atoms with Crippen LogP contribution in [0.25, 0.3) is 0 Å². The van der Waals surface area contributed by atoms with Gasteiger partial charge < -0.3 is 28.7 Å². The number of carbonyl (C=O) groups excluding carboxylic acids is 3. The summed E-state index contributed by atoms with van der Waals surface area (Å²) < 4.78 is 22.2. The maximum Gasteiger partial charge on any atom is 0.302 e. The summed E-state index contributed by atoms with van der Waals surface area (Å²) in [4.78, 5) is 48.8. The highest BCUT2D eigenvalue weighted by Crippen LogP contribution is 2.45. The number of esters is 1. The minimum atomic E-state index is -0.263. The van der Waals surface area contributed by atoms with Crippen molar-refractivity contribution in [3.63, 3.8) is 0 Å². The molecule has 0 bridgehead atoms. The zero-order valence-corrected chi connectivity index (χ0v) is 26.3. The normalized spacial score (nSPS) is 23.4. The lowest BCUT2D eigenvalue weighted by molar-refractivity contribution is -0.148. The Bertz CT molecular complexity index is 1450. The number of rotatable bonds is 7. The molecule has 2 saturated heterocycles. The van der Waals surface area contributed by atoms with Crippen LogP contribution in [0.1, 0.15) is 59.2 Å². The first-order valence-electron chi connectivity index (χ1n) is 15.8. The molecular formula is C34H42N4O7. The zero-order chi connectivity index (χ0) is 31.5. The van der Waals surface area contributed by atoms with E-state index in [4.69, 9.17) is 23.9 Å². The van der Waals surface area contributed by atoms with Crippen LogP contribution < -0.4 is 9.47 Å². The van der Waals surface area contributed by atoms with Crippen molar-refractivity contribution in [2.45, 2.75) is 44.2 Å². The van der Waals surface area contributed by atoms with E-state index >= 15 is 0 Å². The van der Waals surface area contributed by atoms with Crippen LogP contribution >= 0.6 is 0 Å². The van der Waals surface area contributed by atoms with Gasteiger partial charge in [-0.05, 0) is 49.1 Å². The summed E-state index contributed by atoms with van der Waals surface area (Å²) in [7, 11) is 3.24. The first-order valence-corrected chi connectivity index (χ1v) is 15.8. The lowest BCUT2D eigenvalue weighted by Gasteiger charge is -2.38. The van der Waals surface area contributed by atoms with Gasteiger partial charge in [0, 0.05) is 68.8 Å². The fourth-order valence-corrected chi connectivity index (χ4v) is 6.98. The maximum absolute atomic E-state index is 13.4. The van der Waals surface area contributed by atoms with Crippen LogP contribution in [-0.2, 0) is 19.1 Å². The molecule has 0 N–H and O–H groups in total. The molecule has 1 aliphatic carbocycles. The van der Waals surface area contributed by atoms with Crippen molar-refractivity contribution in [1.82, 2.24) is 14.7 Å². The third-order valence-corrected chi connectivity index (χ3v) is 9.39. The molecule has 2 amide bonds. The fraction of sp³-hybridized carbons (Fsp3) is 0.529. The monoisotopic (exact) mass is 618 g/mol. The van der Waals surface area contributed by atoms with E-state index in [-0.39, 0.29) is 35.8 Å². The van der Waals surface area contributed by atoms with Gasteiger partial charge in [-0.25, -0.2) is 0 Å². The molecule has 1 saturated carbocycles. The maximum atomic E-state index is 13.4. The van der Waals surface area contributed by atoms with Gasteiger partial charge in [-0.1, -0.05) is 12.1 Å². The average molecular weight is 619 g/mol. The van der Waals surface area contributed by atoms with E-state index < -0.39 is 0 Å². The predicted molar refractivity (Wildman–Crippen MR) is 167 cm³/mol. The molecule has 45 heavy (non-hydrogen) atoms. The van der Waals surface area contributed by atoms with Crippen LogP contribution in [0.2, 0.25) is 0 Å². The Balaban J connectivity index is 1.16. The van der Waals surface area contributed by atoms with Crippen molar-refractivity contribution in [2.75, 3.05) is 73.2 Å². The number of fused-ring (bicyclic) bond motifs is 3. The van der Waals surface area contributed by atoms with Crippen LogP contribution in [-0.4, -0.2) is 124 Å². The Labute approximate surface area is 264 Å². The van der Waals surface area contributed by atoms with E-state index in [1.165, 1.54) is 6.92 Å². The molecule has 0 aromatic heterocycles. The minimum Gasteiger partial charge on any atom is -0.493 e. The number of piperazine rings is 1. The Hall–Kier alpha value is -3.96. The summed E-state index contributed by atoms with van der Waals surface area (Å²) in [5, 5.41) is 0. The molecule has 11 heteroatoms. The minimum absolute atomic E-state index is 0.0121. The van der Waals surface area contributed by atoms with E-state index in [1.54, 1.807) is 14.2 Å². The first-order chi connectivity index (χ1) is 21.8. The fourth-order valence-electron chi connectivity index (χ4n) is 6.98. The summed E-state index contributed by atoms with van der Waals surface area (Å²) >= 11 is 0. The third kappa shape index (κ3) is 6.69. The van der Waals surface area contributed by atoms with E-state index in [9.17, 15) is 14.4 Å². The zero-order valence-electron chi connectivity index (χ0n) is 26.3. The van der Waals surface area contributed by atoms with Crippen molar-refractivity contribution in [3.05, 3.63) is 58.7 Å². The van der Waals surface area contributed by atoms with E-state index in [1.807, 2.05) is 46.2 Å². The van der Waals surface area contributed by atoms with Crippen molar-refractivity contribution in [2.24, 2.45) is 4.99 Å². The molecule has 3 heterocycles. The lowest BCUT2D eigenvalue weighted by atomic mass is 9.74. The second-order valence-corrected chi connectivity index (χ2v) is 12.1. The van der Waals surface area contributed by atoms with Gasteiger partial charge in [-0.2, -0.15) is 0 Å². The number of methoxy groups -OCH3 is 2. The second kappa shape index (κ2) is 13.6. The topological polar surface area (TPSA) is 110 Å². The van der Waals surface area contributed by atoms with E-state index in [0.29, 0.717) is 82.5 Å². The van der Waals surface area contributed by atoms with Gasteiger partial charge in [-0.15, -0.1) is 0 Å². The van der Waals surface area contributed by atoms with Crippen molar-refractivity contribution in [3.8, 4) is 11.5 Å². The number of nitrogens with zero attached hydrogens (tertiary/aromatic N) is 4. The Morgan fingerprint density at radius 1 is 0.889 bits per heavy atom. The predicted octanol–water partition coefficient (Wildman–Crippen LogP) is 2.74. The molecule has 3 fully saturated rings. The van der Waals surface area contributed by atoms with E-state index in [2.05, 4.69) is 4.90 Å². The summed E-state index contributed by atoms with van der Waals surface area (Å²) in [6, 6.07) is 11.7. The summed E-state index contributed by atoms with van der Waals surface area (Å²) in [6.07, 6.45) is 2.13. The largest absolute Gasteiger partial charge is 0.493 e. The smallest absolute Gasteiger partial charge is 0.302 e. The molecule has 2 aromatic carbocycles. The quantitative estimate of drug-likeness (QED) is 0.436. The molecule has 3 unspecified atom stereocenters. The van der Waals surface area contributed by atoms with Crippen molar-refractivity contribution < 1.29 is 33.3 Å². The number of morpholine rings is 1. The highest BCUT2D eigenvalue weighted by atomic mass is 16.5. The molecular weight excluding hydrogens is 576 g/mol. The Morgan fingerprint density at radius 2 is 1.58 bits per heavy atom. The standard InChI is InChI=1S/C34H42N4O7/c1-22(39)45-25-8-9-29-27(18-25)26-19-30(42-2)31(43-3)20-28(26)33(35-29)23-4-6-24(7-5-23)34(41)38-12-10-36(11-13-38)21-32(40)37-14-16-44-17-15-37/h4-7,19-20,25,27,29H,8-18,21H2,1-3H3. The molecule has 6 rings (SSSR count). The summed E-state index contributed by atoms with van der Waals surface area (Å²) in [5.74, 6) is 1.21. The molecule has 240 valence electrons. The van der Waals surface area contributed by atoms with Crippen LogP contribution in [0.15, 0.2) is 41.4 Å². The molecule has 3 aliphatic heterocycles. The molecule has 0 radical (unpaired) electrons. The lowest BCUT2D eigenvalue weighted by Crippen LogP contribution is -2.52.